The normalized spacial score (nSPS) is 23.2. The van der Waals surface area contributed by atoms with E-state index in [1.54, 1.807) is 23.9 Å². The summed E-state index contributed by atoms with van der Waals surface area (Å²) in [5, 5.41) is 0.506. The highest BCUT2D eigenvalue weighted by atomic mass is 32.2. The number of rotatable bonds is 5. The van der Waals surface area contributed by atoms with Crippen LogP contribution < -0.4 is 0 Å². The fourth-order valence-electron chi connectivity index (χ4n) is 2.01. The number of ether oxygens (including phenoxy) is 1. The maximum Gasteiger partial charge on any atom is 0.163 e. The average Bonchev–Trinajstić information content (AvgIpc) is 2.76. The van der Waals surface area contributed by atoms with Crippen molar-refractivity contribution in [2.24, 2.45) is 0 Å². The molecule has 0 radical (unpaired) electrons. The fourth-order valence-corrected chi connectivity index (χ4v) is 3.23. The Labute approximate surface area is 111 Å². The highest BCUT2D eigenvalue weighted by Crippen LogP contribution is 2.26. The third-order valence-corrected chi connectivity index (χ3v) is 4.62. The van der Waals surface area contributed by atoms with Crippen molar-refractivity contribution in [2.75, 3.05) is 12.4 Å². The first-order valence-electron chi connectivity index (χ1n) is 6.19. The van der Waals surface area contributed by atoms with Gasteiger partial charge in [-0.15, -0.1) is 0 Å². The minimum atomic E-state index is -0.308. The van der Waals surface area contributed by atoms with Gasteiger partial charge in [0.05, 0.1) is 6.10 Å². The molecule has 1 aromatic carbocycles. The Balaban J connectivity index is 1.76. The van der Waals surface area contributed by atoms with Gasteiger partial charge in [-0.2, -0.15) is 11.8 Å². The number of Topliss-reactive ketones (excluding diaryl/α,β-unsaturated/α-hetero) is 1. The van der Waals surface area contributed by atoms with Crippen LogP contribution >= 0.6 is 11.8 Å². The average molecular weight is 268 g/mol. The van der Waals surface area contributed by atoms with Crippen LogP contribution in [-0.4, -0.2) is 29.5 Å². The molecule has 0 N–H and O–H groups in total. The minimum Gasteiger partial charge on any atom is -0.377 e. The number of carbonyl (C=O) groups excluding carboxylic acids is 1. The molecular weight excluding hydrogens is 251 g/mol. The molecule has 4 heteroatoms. The van der Waals surface area contributed by atoms with Gasteiger partial charge >= 0.3 is 0 Å². The first kappa shape index (κ1) is 13.6. The smallest absolute Gasteiger partial charge is 0.163 e. The van der Waals surface area contributed by atoms with E-state index in [0.717, 1.165) is 18.8 Å². The summed E-state index contributed by atoms with van der Waals surface area (Å²) in [5.74, 6) is 0.570. The van der Waals surface area contributed by atoms with E-state index in [-0.39, 0.29) is 17.7 Å². The van der Waals surface area contributed by atoms with Crippen LogP contribution in [0.4, 0.5) is 4.39 Å². The lowest BCUT2D eigenvalue weighted by molar-refractivity contribution is 0.0989. The maximum atomic E-state index is 12.7. The van der Waals surface area contributed by atoms with E-state index in [0.29, 0.717) is 17.2 Å². The monoisotopic (exact) mass is 268 g/mol. The predicted octanol–water partition coefficient (Wildman–Crippen LogP) is 3.31. The summed E-state index contributed by atoms with van der Waals surface area (Å²) in [6.07, 6.45) is 1.85. The van der Waals surface area contributed by atoms with Gasteiger partial charge < -0.3 is 4.74 Å². The summed E-state index contributed by atoms with van der Waals surface area (Å²) in [6, 6.07) is 5.74. The summed E-state index contributed by atoms with van der Waals surface area (Å²) >= 11 is 1.80. The van der Waals surface area contributed by atoms with Crippen LogP contribution in [0.1, 0.15) is 30.1 Å². The van der Waals surface area contributed by atoms with Gasteiger partial charge in [-0.1, -0.05) is 0 Å². The van der Waals surface area contributed by atoms with Crippen molar-refractivity contribution < 1.29 is 13.9 Å². The first-order valence-corrected chi connectivity index (χ1v) is 7.23. The Kier molecular flexibility index (Phi) is 4.78. The maximum absolute atomic E-state index is 12.7. The summed E-state index contributed by atoms with van der Waals surface area (Å²) in [7, 11) is 0. The Morgan fingerprint density at radius 3 is 2.78 bits per heavy atom. The highest BCUT2D eigenvalue weighted by molar-refractivity contribution is 8.00. The van der Waals surface area contributed by atoms with Gasteiger partial charge in [0.1, 0.15) is 5.82 Å². The van der Waals surface area contributed by atoms with Crippen LogP contribution in [0.3, 0.4) is 0 Å². The fraction of sp³-hybridized carbons (Fsp3) is 0.500. The zero-order chi connectivity index (χ0) is 13.0. The third kappa shape index (κ3) is 3.56. The van der Waals surface area contributed by atoms with Crippen molar-refractivity contribution in [3.63, 3.8) is 0 Å². The molecule has 1 aliphatic rings. The van der Waals surface area contributed by atoms with Gasteiger partial charge in [0.25, 0.3) is 0 Å². The van der Waals surface area contributed by atoms with Crippen molar-refractivity contribution in [1.82, 2.24) is 0 Å². The Morgan fingerprint density at radius 2 is 2.17 bits per heavy atom. The molecule has 2 nitrogen and oxygen atoms in total. The summed E-state index contributed by atoms with van der Waals surface area (Å²) < 4.78 is 18.2. The molecule has 2 atom stereocenters. The van der Waals surface area contributed by atoms with Crippen molar-refractivity contribution in [3.8, 4) is 0 Å². The molecule has 2 unspecified atom stereocenters. The second-order valence-electron chi connectivity index (χ2n) is 4.45. The van der Waals surface area contributed by atoms with Crippen LogP contribution in [0.5, 0.6) is 0 Å². The lowest BCUT2D eigenvalue weighted by Gasteiger charge is -2.12. The Bertz CT molecular complexity index is 405. The molecule has 1 fully saturated rings. The van der Waals surface area contributed by atoms with E-state index in [2.05, 4.69) is 6.92 Å². The highest BCUT2D eigenvalue weighted by Gasteiger charge is 2.24. The summed E-state index contributed by atoms with van der Waals surface area (Å²) in [6.45, 7) is 2.90. The zero-order valence-corrected chi connectivity index (χ0v) is 11.2. The molecule has 1 saturated heterocycles. The molecule has 0 amide bonds. The molecule has 0 spiro atoms. The van der Waals surface area contributed by atoms with Crippen molar-refractivity contribution in [1.29, 1.82) is 0 Å². The van der Waals surface area contributed by atoms with Gasteiger partial charge in [0, 0.05) is 29.6 Å². The molecule has 0 bridgehead atoms. The Morgan fingerprint density at radius 1 is 1.44 bits per heavy atom. The second kappa shape index (κ2) is 6.34. The van der Waals surface area contributed by atoms with Crippen molar-refractivity contribution >= 4 is 17.5 Å². The summed E-state index contributed by atoms with van der Waals surface area (Å²) in [4.78, 5) is 11.8. The zero-order valence-electron chi connectivity index (χ0n) is 10.4. The lowest BCUT2D eigenvalue weighted by Crippen LogP contribution is -2.14. The predicted molar refractivity (Wildman–Crippen MR) is 71.6 cm³/mol. The van der Waals surface area contributed by atoms with Crippen LogP contribution in [-0.2, 0) is 4.74 Å². The molecule has 2 rings (SSSR count). The largest absolute Gasteiger partial charge is 0.377 e. The van der Waals surface area contributed by atoms with Gasteiger partial charge in [-0.3, -0.25) is 4.79 Å². The van der Waals surface area contributed by atoms with Gasteiger partial charge in [-0.05, 0) is 37.6 Å². The van der Waals surface area contributed by atoms with E-state index in [4.69, 9.17) is 4.74 Å². The molecule has 0 aromatic heterocycles. The molecule has 1 heterocycles. The molecular formula is C14H17FO2S. The number of carbonyl (C=O) groups is 1. The number of hydrogen-bond donors (Lipinski definition) is 0. The van der Waals surface area contributed by atoms with E-state index >= 15 is 0 Å². The summed E-state index contributed by atoms with van der Waals surface area (Å²) in [5.41, 5.74) is 0.590. The van der Waals surface area contributed by atoms with Crippen LogP contribution in [0.15, 0.2) is 24.3 Å². The number of thioether (sulfide) groups is 1. The van der Waals surface area contributed by atoms with Crippen LogP contribution in [0.2, 0.25) is 0 Å². The Hall–Kier alpha value is -0.870. The standard InChI is InChI=1S/C14H17FO2S/c1-10-14(6-8-17-10)18-9-7-13(16)11-2-4-12(15)5-3-11/h2-5,10,14H,6-9H2,1H3. The molecule has 98 valence electrons. The molecule has 18 heavy (non-hydrogen) atoms. The SMILES string of the molecule is CC1OCCC1SCCC(=O)c1ccc(F)cc1. The van der Waals surface area contributed by atoms with Gasteiger partial charge in [-0.25, -0.2) is 4.39 Å². The third-order valence-electron chi connectivity index (χ3n) is 3.13. The van der Waals surface area contributed by atoms with E-state index < -0.39 is 0 Å². The van der Waals surface area contributed by atoms with Crippen LogP contribution in [0.25, 0.3) is 0 Å². The number of halogens is 1. The van der Waals surface area contributed by atoms with Crippen molar-refractivity contribution in [3.05, 3.63) is 35.6 Å². The number of benzene rings is 1. The van der Waals surface area contributed by atoms with Gasteiger partial charge in [0.15, 0.2) is 5.78 Å². The number of ketones is 1. The quantitative estimate of drug-likeness (QED) is 0.766. The van der Waals surface area contributed by atoms with E-state index in [1.165, 1.54) is 12.1 Å². The molecule has 0 aliphatic carbocycles. The van der Waals surface area contributed by atoms with E-state index in [9.17, 15) is 9.18 Å². The molecule has 1 aliphatic heterocycles. The number of hydrogen-bond acceptors (Lipinski definition) is 3. The second-order valence-corrected chi connectivity index (χ2v) is 5.80. The first-order chi connectivity index (χ1) is 8.66. The lowest BCUT2D eigenvalue weighted by atomic mass is 10.1. The van der Waals surface area contributed by atoms with Crippen LogP contribution in [0, 0.1) is 5.82 Å². The topological polar surface area (TPSA) is 26.3 Å². The molecule has 0 saturated carbocycles. The molecule has 1 aromatic rings. The van der Waals surface area contributed by atoms with Gasteiger partial charge in [0.2, 0.25) is 0 Å². The van der Waals surface area contributed by atoms with E-state index in [1.807, 2.05) is 0 Å². The minimum absolute atomic E-state index is 0.0778. The van der Waals surface area contributed by atoms with Crippen molar-refractivity contribution in [2.45, 2.75) is 31.1 Å².